The molecule has 0 unspecified atom stereocenters. The minimum absolute atomic E-state index is 1.50. The van der Waals surface area contributed by atoms with Crippen molar-refractivity contribution in [1.82, 2.24) is 0 Å². The summed E-state index contributed by atoms with van der Waals surface area (Å²) in [5.41, 5.74) is 4.50. The van der Waals surface area contributed by atoms with Gasteiger partial charge in [-0.1, -0.05) is 0 Å². The van der Waals surface area contributed by atoms with E-state index in [1.165, 1.54) is 7.05 Å². The van der Waals surface area contributed by atoms with Gasteiger partial charge in [-0.05, 0) is 7.05 Å². The molecule has 0 saturated carbocycles. The van der Waals surface area contributed by atoms with Crippen molar-refractivity contribution in [2.24, 2.45) is 5.73 Å². The summed E-state index contributed by atoms with van der Waals surface area (Å²) >= 11 is 0. The maximum Gasteiger partial charge on any atom is 0.521 e. The van der Waals surface area contributed by atoms with Gasteiger partial charge in [0.15, 0.2) is 0 Å². The van der Waals surface area contributed by atoms with Gasteiger partial charge in [-0.2, -0.15) is 0 Å². The average Bonchev–Trinajstić information content (AvgIpc) is 1.46. The number of hydrogen-bond donors (Lipinski definition) is 1. The molecule has 0 rings (SSSR count). The number of halogens is 2. The van der Waals surface area contributed by atoms with E-state index in [0.717, 1.165) is 0 Å². The largest absolute Gasteiger partial charge is 0.521 e. The van der Waals surface area contributed by atoms with Crippen LogP contribution in [0.25, 0.3) is 0 Å². The van der Waals surface area contributed by atoms with Crippen LogP contribution in [0.5, 0.6) is 0 Å². The smallest absolute Gasteiger partial charge is 0.333 e. The van der Waals surface area contributed by atoms with E-state index in [1.807, 2.05) is 0 Å². The molecule has 0 aromatic rings. The van der Waals surface area contributed by atoms with Crippen molar-refractivity contribution < 1.29 is 8.63 Å². The first kappa shape index (κ1) is 8.86. The molecule has 0 radical (unpaired) electrons. The van der Waals surface area contributed by atoms with Crippen LogP contribution < -0.4 is 5.73 Å². The lowest BCUT2D eigenvalue weighted by Gasteiger charge is -1.36. The SMILES string of the molecule is CN.FBF. The Bertz CT molecular complexity index is 9.61. The van der Waals surface area contributed by atoms with Crippen LogP contribution in [0, 0.1) is 0 Å². The topological polar surface area (TPSA) is 26.0 Å². The molecule has 0 fully saturated rings. The molecule has 0 bridgehead atoms. The Labute approximate surface area is 30.5 Å². The highest BCUT2D eigenvalue weighted by Crippen LogP contribution is 1.49. The van der Waals surface area contributed by atoms with Crippen LogP contribution in [0.3, 0.4) is 0 Å². The molecule has 0 amide bonds. The van der Waals surface area contributed by atoms with Crippen molar-refractivity contribution >= 4 is 7.83 Å². The summed E-state index contributed by atoms with van der Waals surface area (Å²) in [5, 5.41) is 0. The number of hydrogen-bond acceptors (Lipinski definition) is 1. The van der Waals surface area contributed by atoms with E-state index in [2.05, 4.69) is 5.73 Å². The predicted molar refractivity (Wildman–Crippen MR) is 19.5 cm³/mol. The summed E-state index contributed by atoms with van der Waals surface area (Å²) < 4.78 is 19.2. The molecule has 5 heavy (non-hydrogen) atoms. The Morgan fingerprint density at radius 3 is 1.40 bits per heavy atom. The first-order valence-electron chi connectivity index (χ1n) is 1.11. The van der Waals surface area contributed by atoms with Gasteiger partial charge in [0.05, 0.1) is 0 Å². The Kier molecular flexibility index (Phi) is 73.2. The van der Waals surface area contributed by atoms with Gasteiger partial charge in [0.1, 0.15) is 0 Å². The number of rotatable bonds is 0. The lowest BCUT2D eigenvalue weighted by Crippen LogP contribution is -1.69. The van der Waals surface area contributed by atoms with Gasteiger partial charge in [0.25, 0.3) is 0 Å². The summed E-state index contributed by atoms with van der Waals surface area (Å²) in [4.78, 5) is 0. The molecular weight excluding hydrogens is 74.8 g/mol. The van der Waals surface area contributed by atoms with E-state index in [0.29, 0.717) is 0 Å². The zero-order valence-corrected chi connectivity index (χ0v) is 3.04. The number of nitrogens with two attached hydrogens (primary N) is 1. The molecule has 2 N–H and O–H groups in total. The second-order valence-corrected chi connectivity index (χ2v) is 0.101. The van der Waals surface area contributed by atoms with Crippen LogP contribution in [-0.2, 0) is 0 Å². The monoisotopic (exact) mass is 81.1 g/mol. The minimum Gasteiger partial charge on any atom is -0.333 e. The fourth-order valence-electron chi connectivity index (χ4n) is 0. The highest BCUT2D eigenvalue weighted by Gasteiger charge is 1.59. The van der Waals surface area contributed by atoms with Crippen molar-refractivity contribution in [3.8, 4) is 0 Å². The first-order chi connectivity index (χ1) is 2.41. The van der Waals surface area contributed by atoms with E-state index < -0.39 is 7.83 Å². The van der Waals surface area contributed by atoms with Crippen LogP contribution in [0.2, 0.25) is 0 Å². The molecule has 0 heterocycles. The fraction of sp³-hybridized carbons (Fsp3) is 1.00. The Balaban J connectivity index is 0. The molecule has 4 heteroatoms. The normalized spacial score (nSPS) is 4.00. The molecule has 0 saturated heterocycles. The van der Waals surface area contributed by atoms with Crippen LogP contribution >= 0.6 is 0 Å². The molecule has 0 aliphatic heterocycles. The lowest BCUT2D eigenvalue weighted by atomic mass is 10.6. The van der Waals surface area contributed by atoms with Crippen molar-refractivity contribution in [3.63, 3.8) is 0 Å². The molecule has 0 aromatic carbocycles. The maximum absolute atomic E-state index is 9.62. The lowest BCUT2D eigenvalue weighted by molar-refractivity contribution is 0.712. The second kappa shape index (κ2) is 41.3. The van der Waals surface area contributed by atoms with Gasteiger partial charge in [0, 0.05) is 0 Å². The second-order valence-electron chi connectivity index (χ2n) is 0.101. The minimum atomic E-state index is -1.75. The van der Waals surface area contributed by atoms with Gasteiger partial charge in [-0.3, -0.25) is 8.63 Å². The first-order valence-corrected chi connectivity index (χ1v) is 1.11. The zero-order valence-electron chi connectivity index (χ0n) is 3.04. The molecular formula is CH6BF2N. The molecule has 0 spiro atoms. The van der Waals surface area contributed by atoms with E-state index >= 15 is 0 Å². The van der Waals surface area contributed by atoms with Gasteiger partial charge >= 0.3 is 7.83 Å². The third-order valence-corrected chi connectivity index (χ3v) is 0. The average molecular weight is 80.9 g/mol. The quantitative estimate of drug-likeness (QED) is 0.400. The molecule has 0 aliphatic carbocycles. The Morgan fingerprint density at radius 2 is 1.40 bits per heavy atom. The van der Waals surface area contributed by atoms with Crippen LogP contribution in [0.15, 0.2) is 0 Å². The van der Waals surface area contributed by atoms with Crippen molar-refractivity contribution in [2.45, 2.75) is 0 Å². The van der Waals surface area contributed by atoms with Crippen LogP contribution in [0.1, 0.15) is 0 Å². The van der Waals surface area contributed by atoms with Crippen molar-refractivity contribution in [2.75, 3.05) is 7.05 Å². The third kappa shape index (κ3) is 1040. The summed E-state index contributed by atoms with van der Waals surface area (Å²) in [6, 6.07) is 0. The third-order valence-electron chi connectivity index (χ3n) is 0. The van der Waals surface area contributed by atoms with Crippen molar-refractivity contribution in [3.05, 3.63) is 0 Å². The van der Waals surface area contributed by atoms with E-state index in [1.54, 1.807) is 0 Å². The highest BCUT2D eigenvalue weighted by atomic mass is 19.2. The molecule has 0 aliphatic rings. The Morgan fingerprint density at radius 1 is 1.40 bits per heavy atom. The van der Waals surface area contributed by atoms with Gasteiger partial charge in [-0.15, -0.1) is 0 Å². The van der Waals surface area contributed by atoms with E-state index in [-0.39, 0.29) is 0 Å². The summed E-state index contributed by atoms with van der Waals surface area (Å²) in [5.74, 6) is 0. The van der Waals surface area contributed by atoms with Gasteiger partial charge in [-0.25, -0.2) is 0 Å². The standard InChI is InChI=1S/CH5N.BF2H/c1-2;2-1-3/h2H2,1H3;1H. The summed E-state index contributed by atoms with van der Waals surface area (Å²) in [6.07, 6.45) is 0. The molecule has 32 valence electrons. The predicted octanol–water partition coefficient (Wildman–Crippen LogP) is -0.233. The maximum atomic E-state index is 9.62. The summed E-state index contributed by atoms with van der Waals surface area (Å²) in [7, 11) is -0.250. The van der Waals surface area contributed by atoms with Crippen LogP contribution in [-0.4, -0.2) is 14.9 Å². The molecule has 1 nitrogen and oxygen atoms in total. The van der Waals surface area contributed by atoms with Crippen LogP contribution in [0.4, 0.5) is 8.63 Å². The van der Waals surface area contributed by atoms with Crippen molar-refractivity contribution in [1.29, 1.82) is 0 Å². The zero-order chi connectivity index (χ0) is 4.71. The van der Waals surface area contributed by atoms with E-state index in [9.17, 15) is 8.63 Å². The van der Waals surface area contributed by atoms with Gasteiger partial charge < -0.3 is 5.73 Å². The van der Waals surface area contributed by atoms with Gasteiger partial charge in [0.2, 0.25) is 0 Å². The summed E-state index contributed by atoms with van der Waals surface area (Å²) in [6.45, 7) is 0. The molecule has 0 atom stereocenters. The van der Waals surface area contributed by atoms with E-state index in [4.69, 9.17) is 0 Å². The fourth-order valence-corrected chi connectivity index (χ4v) is 0. The highest BCUT2D eigenvalue weighted by molar-refractivity contribution is 6.15. The molecule has 0 aromatic heterocycles. The Hall–Kier alpha value is -0.115.